The first kappa shape index (κ1) is 17.7. The van der Waals surface area contributed by atoms with Crippen LogP contribution in [0.1, 0.15) is 68.8 Å². The van der Waals surface area contributed by atoms with Crippen molar-refractivity contribution in [3.8, 4) is 0 Å². The molecule has 0 saturated heterocycles. The van der Waals surface area contributed by atoms with Gasteiger partial charge < -0.3 is 0 Å². The zero-order valence-corrected chi connectivity index (χ0v) is 16.3. The molecule has 3 aromatic rings. The maximum Gasteiger partial charge on any atom is 0.0705 e. The molecule has 0 fully saturated rings. The standard InChI is InChI=1S/C24H29N/c1-16-13-20(15-21(14-16)24(4,5)6)17(2)18(3)22-12-11-19-9-7-8-10-23(19)25-22/h7-15,17-18H,1-6H3/t17-,18-/m1/s1. The fourth-order valence-electron chi connectivity index (χ4n) is 3.39. The van der Waals surface area contributed by atoms with Crippen molar-refractivity contribution in [2.24, 2.45) is 0 Å². The Kier molecular flexibility index (Phi) is 4.69. The third kappa shape index (κ3) is 3.76. The molecule has 0 unspecified atom stereocenters. The van der Waals surface area contributed by atoms with Crippen LogP contribution in [0.15, 0.2) is 54.6 Å². The minimum absolute atomic E-state index is 0.172. The number of hydrogen-bond donors (Lipinski definition) is 0. The lowest BCUT2D eigenvalue weighted by Gasteiger charge is -2.25. The monoisotopic (exact) mass is 331 g/mol. The van der Waals surface area contributed by atoms with Crippen molar-refractivity contribution in [3.05, 3.63) is 77.0 Å². The molecule has 1 heterocycles. The predicted molar refractivity (Wildman–Crippen MR) is 108 cm³/mol. The maximum atomic E-state index is 4.92. The van der Waals surface area contributed by atoms with E-state index < -0.39 is 0 Å². The molecule has 0 aliphatic rings. The van der Waals surface area contributed by atoms with E-state index in [9.17, 15) is 0 Å². The summed E-state index contributed by atoms with van der Waals surface area (Å²) in [4.78, 5) is 4.92. The summed E-state index contributed by atoms with van der Waals surface area (Å²) in [6.07, 6.45) is 0. The molecular weight excluding hydrogens is 302 g/mol. The average Bonchev–Trinajstić information content (AvgIpc) is 2.58. The molecule has 1 aromatic heterocycles. The lowest BCUT2D eigenvalue weighted by Crippen LogP contribution is -2.13. The second-order valence-electron chi connectivity index (χ2n) is 8.39. The van der Waals surface area contributed by atoms with E-state index in [1.54, 1.807) is 0 Å². The molecule has 0 aliphatic carbocycles. The molecule has 1 nitrogen and oxygen atoms in total. The number of rotatable bonds is 3. The number of para-hydroxylation sites is 1. The van der Waals surface area contributed by atoms with Gasteiger partial charge in [-0.15, -0.1) is 0 Å². The van der Waals surface area contributed by atoms with Crippen LogP contribution >= 0.6 is 0 Å². The van der Waals surface area contributed by atoms with Gasteiger partial charge in [0.15, 0.2) is 0 Å². The van der Waals surface area contributed by atoms with Crippen molar-refractivity contribution in [1.29, 1.82) is 0 Å². The fraction of sp³-hybridized carbons (Fsp3) is 0.375. The Morgan fingerprint density at radius 2 is 1.56 bits per heavy atom. The zero-order valence-electron chi connectivity index (χ0n) is 16.3. The van der Waals surface area contributed by atoms with Crippen molar-refractivity contribution < 1.29 is 0 Å². The molecule has 0 aliphatic heterocycles. The minimum Gasteiger partial charge on any atom is -0.253 e. The summed E-state index contributed by atoms with van der Waals surface area (Å²) in [5.74, 6) is 0.800. The van der Waals surface area contributed by atoms with E-state index in [0.717, 1.165) is 5.52 Å². The van der Waals surface area contributed by atoms with Crippen LogP contribution in [0, 0.1) is 6.92 Å². The first-order valence-corrected chi connectivity index (χ1v) is 9.23. The lowest BCUT2D eigenvalue weighted by atomic mass is 9.80. The first-order valence-electron chi connectivity index (χ1n) is 9.23. The van der Waals surface area contributed by atoms with E-state index in [2.05, 4.69) is 96.1 Å². The van der Waals surface area contributed by atoms with Gasteiger partial charge in [0.2, 0.25) is 0 Å². The van der Waals surface area contributed by atoms with Crippen LogP contribution < -0.4 is 0 Å². The van der Waals surface area contributed by atoms with Crippen molar-refractivity contribution >= 4 is 10.9 Å². The van der Waals surface area contributed by atoms with Gasteiger partial charge in [-0.2, -0.15) is 0 Å². The van der Waals surface area contributed by atoms with Gasteiger partial charge in [0.05, 0.1) is 5.52 Å². The van der Waals surface area contributed by atoms with E-state index >= 15 is 0 Å². The smallest absolute Gasteiger partial charge is 0.0705 e. The molecule has 0 bridgehead atoms. The van der Waals surface area contributed by atoms with Crippen molar-refractivity contribution in [1.82, 2.24) is 4.98 Å². The normalized spacial score (nSPS) is 14.5. The van der Waals surface area contributed by atoms with E-state index in [1.807, 2.05) is 0 Å². The number of nitrogens with zero attached hydrogens (tertiary/aromatic N) is 1. The Labute approximate surface area is 152 Å². The summed E-state index contributed by atoms with van der Waals surface area (Å²) in [7, 11) is 0. The van der Waals surface area contributed by atoms with Crippen molar-refractivity contribution in [2.75, 3.05) is 0 Å². The molecule has 2 atom stereocenters. The molecule has 0 amide bonds. The highest BCUT2D eigenvalue weighted by atomic mass is 14.7. The Bertz CT molecular complexity index is 886. The average molecular weight is 332 g/mol. The highest BCUT2D eigenvalue weighted by Gasteiger charge is 2.21. The van der Waals surface area contributed by atoms with Gasteiger partial charge in [-0.25, -0.2) is 0 Å². The summed E-state index contributed by atoms with van der Waals surface area (Å²) in [6.45, 7) is 13.7. The van der Waals surface area contributed by atoms with Gasteiger partial charge in [0.25, 0.3) is 0 Å². The minimum atomic E-state index is 0.172. The van der Waals surface area contributed by atoms with Crippen LogP contribution in [0.2, 0.25) is 0 Å². The second kappa shape index (κ2) is 6.63. The molecule has 0 saturated carbocycles. The van der Waals surface area contributed by atoms with E-state index in [0.29, 0.717) is 11.8 Å². The van der Waals surface area contributed by atoms with Gasteiger partial charge in [-0.1, -0.05) is 82.6 Å². The molecule has 130 valence electrons. The van der Waals surface area contributed by atoms with E-state index in [4.69, 9.17) is 4.98 Å². The zero-order chi connectivity index (χ0) is 18.2. The molecule has 0 spiro atoms. The summed E-state index contributed by atoms with van der Waals surface area (Å²) in [5, 5.41) is 1.21. The van der Waals surface area contributed by atoms with Gasteiger partial charge in [0, 0.05) is 17.0 Å². The Morgan fingerprint density at radius 3 is 2.28 bits per heavy atom. The quantitative estimate of drug-likeness (QED) is 0.517. The maximum absolute atomic E-state index is 4.92. The number of benzene rings is 2. The van der Waals surface area contributed by atoms with Crippen LogP contribution in [0.4, 0.5) is 0 Å². The Morgan fingerprint density at radius 1 is 0.840 bits per heavy atom. The molecule has 2 aromatic carbocycles. The Hall–Kier alpha value is -2.15. The number of aryl methyl sites for hydroxylation is 1. The van der Waals surface area contributed by atoms with Crippen molar-refractivity contribution in [2.45, 2.75) is 58.8 Å². The lowest BCUT2D eigenvalue weighted by molar-refractivity contribution is 0.579. The van der Waals surface area contributed by atoms with Gasteiger partial charge >= 0.3 is 0 Å². The first-order chi connectivity index (χ1) is 11.8. The highest BCUT2D eigenvalue weighted by molar-refractivity contribution is 5.78. The molecule has 25 heavy (non-hydrogen) atoms. The molecule has 0 N–H and O–H groups in total. The molecule has 0 radical (unpaired) electrons. The third-order valence-electron chi connectivity index (χ3n) is 5.33. The number of hydrogen-bond acceptors (Lipinski definition) is 1. The summed E-state index contributed by atoms with van der Waals surface area (Å²) < 4.78 is 0. The largest absolute Gasteiger partial charge is 0.253 e. The summed E-state index contributed by atoms with van der Waals surface area (Å²) in [6, 6.07) is 19.8. The predicted octanol–water partition coefficient (Wildman–Crippen LogP) is 6.75. The van der Waals surface area contributed by atoms with Crippen LogP contribution in [0.25, 0.3) is 10.9 Å². The van der Waals surface area contributed by atoms with Crippen LogP contribution in [-0.4, -0.2) is 4.98 Å². The number of aromatic nitrogens is 1. The molecule has 3 rings (SSSR count). The van der Waals surface area contributed by atoms with Crippen molar-refractivity contribution in [3.63, 3.8) is 0 Å². The fourth-order valence-corrected chi connectivity index (χ4v) is 3.39. The van der Waals surface area contributed by atoms with Crippen LogP contribution in [-0.2, 0) is 5.41 Å². The van der Waals surface area contributed by atoms with E-state index in [1.165, 1.54) is 27.8 Å². The third-order valence-corrected chi connectivity index (χ3v) is 5.33. The second-order valence-corrected chi connectivity index (χ2v) is 8.39. The number of fused-ring (bicyclic) bond motifs is 1. The SMILES string of the molecule is Cc1cc([C@H](C)[C@@H](C)c2ccc3ccccc3n2)cc(C(C)(C)C)c1. The molecular formula is C24H29N. The van der Waals surface area contributed by atoms with Crippen LogP contribution in [0.5, 0.6) is 0 Å². The Balaban J connectivity index is 1.96. The topological polar surface area (TPSA) is 12.9 Å². The van der Waals surface area contributed by atoms with Gasteiger partial charge in [-0.3, -0.25) is 4.98 Å². The van der Waals surface area contributed by atoms with E-state index in [-0.39, 0.29) is 5.41 Å². The van der Waals surface area contributed by atoms with Crippen LogP contribution in [0.3, 0.4) is 0 Å². The number of pyridine rings is 1. The molecule has 1 heteroatoms. The van der Waals surface area contributed by atoms with Gasteiger partial charge in [-0.05, 0) is 41.5 Å². The highest BCUT2D eigenvalue weighted by Crippen LogP contribution is 2.35. The summed E-state index contributed by atoms with van der Waals surface area (Å²) in [5.41, 5.74) is 6.59. The summed E-state index contributed by atoms with van der Waals surface area (Å²) >= 11 is 0. The van der Waals surface area contributed by atoms with Gasteiger partial charge in [0.1, 0.15) is 0 Å².